The number of fused-ring (bicyclic) bond motifs is 1. The molecule has 1 saturated heterocycles. The van der Waals surface area contributed by atoms with Crippen molar-refractivity contribution in [1.82, 2.24) is 10.2 Å². The van der Waals surface area contributed by atoms with E-state index in [-0.39, 0.29) is 11.4 Å². The molecule has 5 N–H and O–H groups in total. The molecule has 0 bridgehead atoms. The topological polar surface area (TPSA) is 137 Å². The maximum atomic E-state index is 12.4. The minimum atomic E-state index is -1.39. The van der Waals surface area contributed by atoms with Gasteiger partial charge in [0.1, 0.15) is 17.2 Å². The van der Waals surface area contributed by atoms with Crippen molar-refractivity contribution in [3.63, 3.8) is 0 Å². The first-order valence-electron chi connectivity index (χ1n) is 7.59. The van der Waals surface area contributed by atoms with Gasteiger partial charge in [-0.05, 0) is 36.8 Å². The van der Waals surface area contributed by atoms with Crippen molar-refractivity contribution in [2.45, 2.75) is 24.4 Å². The number of aliphatic carboxylic acids is 1. The Balaban J connectivity index is 1.71. The fourth-order valence-electron chi connectivity index (χ4n) is 2.87. The SMILES string of the molecule is CC1=C(C(=O)[O-])N2C(=O)[C@H](NC(=O)[C@H]([NH3+])c3ccc(O)cc3)[C@@H]2SC1. The quantitative estimate of drug-likeness (QED) is 0.534. The van der Waals surface area contributed by atoms with Crippen LogP contribution in [-0.4, -0.2) is 45.0 Å². The van der Waals surface area contributed by atoms with Crippen LogP contribution >= 0.6 is 11.8 Å². The highest BCUT2D eigenvalue weighted by Gasteiger charge is 2.52. The summed E-state index contributed by atoms with van der Waals surface area (Å²) in [6, 6.07) is 4.52. The summed E-state index contributed by atoms with van der Waals surface area (Å²) in [6.45, 7) is 1.64. The van der Waals surface area contributed by atoms with E-state index in [1.165, 1.54) is 28.8 Å². The second kappa shape index (κ2) is 6.41. The number of carboxylic acid groups (broad SMARTS) is 1. The summed E-state index contributed by atoms with van der Waals surface area (Å²) in [5.74, 6) is -1.76. The van der Waals surface area contributed by atoms with Crippen molar-refractivity contribution in [2.75, 3.05) is 5.75 Å². The summed E-state index contributed by atoms with van der Waals surface area (Å²) in [4.78, 5) is 37.1. The summed E-state index contributed by atoms with van der Waals surface area (Å²) in [7, 11) is 0. The third-order valence-corrected chi connectivity index (χ3v) is 5.69. The summed E-state index contributed by atoms with van der Waals surface area (Å²) < 4.78 is 0. The molecule has 3 rings (SSSR count). The molecule has 1 fully saturated rings. The molecule has 132 valence electrons. The molecule has 0 spiro atoms. The largest absolute Gasteiger partial charge is 0.543 e. The fourth-order valence-corrected chi connectivity index (χ4v) is 4.17. The van der Waals surface area contributed by atoms with Crippen LogP contribution in [0, 0.1) is 0 Å². The van der Waals surface area contributed by atoms with Gasteiger partial charge in [0, 0.05) is 11.3 Å². The minimum absolute atomic E-state index is 0.0803. The number of carboxylic acids is 1. The Morgan fingerprint density at radius 2 is 2.04 bits per heavy atom. The number of aromatic hydroxyl groups is 1. The molecule has 8 nitrogen and oxygen atoms in total. The van der Waals surface area contributed by atoms with E-state index in [0.29, 0.717) is 16.9 Å². The average Bonchev–Trinajstić information content (AvgIpc) is 2.58. The molecular weight excluding hydrogens is 346 g/mol. The van der Waals surface area contributed by atoms with Crippen LogP contribution in [0.25, 0.3) is 0 Å². The monoisotopic (exact) mass is 363 g/mol. The molecule has 1 aromatic rings. The number of β-lactam (4-membered cyclic amide) rings is 1. The van der Waals surface area contributed by atoms with Gasteiger partial charge in [0.15, 0.2) is 6.04 Å². The van der Waals surface area contributed by atoms with Crippen LogP contribution in [0.5, 0.6) is 5.75 Å². The van der Waals surface area contributed by atoms with E-state index in [0.717, 1.165) is 0 Å². The van der Waals surface area contributed by atoms with Gasteiger partial charge in [0.25, 0.3) is 11.8 Å². The summed E-state index contributed by atoms with van der Waals surface area (Å²) >= 11 is 1.39. The summed E-state index contributed by atoms with van der Waals surface area (Å²) in [6.07, 6.45) is 0. The Bertz CT molecular complexity index is 776. The number of thioether (sulfide) groups is 1. The number of carbonyl (C=O) groups excluding carboxylic acids is 3. The van der Waals surface area contributed by atoms with Crippen molar-refractivity contribution in [3.8, 4) is 5.75 Å². The highest BCUT2D eigenvalue weighted by molar-refractivity contribution is 8.00. The van der Waals surface area contributed by atoms with E-state index >= 15 is 0 Å². The van der Waals surface area contributed by atoms with E-state index in [9.17, 15) is 24.6 Å². The van der Waals surface area contributed by atoms with Crippen LogP contribution in [0.2, 0.25) is 0 Å². The molecule has 0 aromatic heterocycles. The molecule has 2 aliphatic rings. The van der Waals surface area contributed by atoms with Gasteiger partial charge < -0.3 is 26.1 Å². The van der Waals surface area contributed by atoms with Crippen LogP contribution in [-0.2, 0) is 14.4 Å². The molecule has 0 unspecified atom stereocenters. The van der Waals surface area contributed by atoms with Gasteiger partial charge in [-0.1, -0.05) is 0 Å². The summed E-state index contributed by atoms with van der Waals surface area (Å²) in [5, 5.41) is 22.7. The van der Waals surface area contributed by atoms with Crippen LogP contribution < -0.4 is 16.2 Å². The zero-order chi connectivity index (χ0) is 18.3. The molecule has 0 radical (unpaired) electrons. The fraction of sp³-hybridized carbons (Fsp3) is 0.312. The van der Waals surface area contributed by atoms with E-state index in [2.05, 4.69) is 11.1 Å². The second-order valence-corrected chi connectivity index (χ2v) is 7.06. The van der Waals surface area contributed by atoms with Crippen molar-refractivity contribution < 1.29 is 30.3 Å². The smallest absolute Gasteiger partial charge is 0.283 e. The first-order valence-corrected chi connectivity index (χ1v) is 8.64. The van der Waals surface area contributed by atoms with Crippen LogP contribution in [0.4, 0.5) is 0 Å². The Morgan fingerprint density at radius 3 is 2.64 bits per heavy atom. The Morgan fingerprint density at radius 1 is 1.40 bits per heavy atom. The first kappa shape index (κ1) is 17.3. The van der Waals surface area contributed by atoms with Gasteiger partial charge in [-0.15, -0.1) is 11.8 Å². The van der Waals surface area contributed by atoms with Crippen molar-refractivity contribution in [3.05, 3.63) is 41.1 Å². The Hall–Kier alpha value is -2.52. The molecule has 9 heteroatoms. The van der Waals surface area contributed by atoms with Crippen LogP contribution in [0.3, 0.4) is 0 Å². The zero-order valence-electron chi connectivity index (χ0n) is 13.4. The molecule has 2 heterocycles. The highest BCUT2D eigenvalue weighted by atomic mass is 32.2. The Kier molecular flexibility index (Phi) is 4.44. The van der Waals surface area contributed by atoms with E-state index in [1.54, 1.807) is 19.1 Å². The van der Waals surface area contributed by atoms with Crippen molar-refractivity contribution in [2.24, 2.45) is 0 Å². The van der Waals surface area contributed by atoms with Gasteiger partial charge in [-0.25, -0.2) is 0 Å². The number of hydrogen-bond acceptors (Lipinski definition) is 6. The third-order valence-electron chi connectivity index (χ3n) is 4.26. The zero-order valence-corrected chi connectivity index (χ0v) is 14.2. The van der Waals surface area contributed by atoms with Gasteiger partial charge in [-0.2, -0.15) is 0 Å². The molecule has 25 heavy (non-hydrogen) atoms. The van der Waals surface area contributed by atoms with Crippen molar-refractivity contribution >= 4 is 29.5 Å². The standard InChI is InChI=1S/C16H17N3O5S/c1-7-6-25-15-11(14(22)19(15)12(7)16(23)24)18-13(21)10(17)8-2-4-9(20)5-3-8/h2-5,10-11,15,20H,6,17H2,1H3,(H,18,21)(H,23,24)/t10-,11+,15+/m1/s1. The number of quaternary nitrogens is 1. The van der Waals surface area contributed by atoms with Crippen LogP contribution in [0.1, 0.15) is 18.5 Å². The first-order chi connectivity index (χ1) is 11.8. The normalized spacial score (nSPS) is 23.6. The average molecular weight is 363 g/mol. The van der Waals surface area contributed by atoms with Gasteiger partial charge >= 0.3 is 0 Å². The molecule has 1 aromatic carbocycles. The maximum absolute atomic E-state index is 12.4. The molecule has 0 saturated carbocycles. The van der Waals surface area contributed by atoms with E-state index in [4.69, 9.17) is 0 Å². The lowest BCUT2D eigenvalue weighted by molar-refractivity contribution is -0.409. The predicted molar refractivity (Wildman–Crippen MR) is 86.5 cm³/mol. The van der Waals surface area contributed by atoms with E-state index < -0.39 is 35.2 Å². The second-order valence-electron chi connectivity index (χ2n) is 5.96. The van der Waals surface area contributed by atoms with Gasteiger partial charge in [0.2, 0.25) is 0 Å². The Labute approximate surface area is 147 Å². The van der Waals surface area contributed by atoms with E-state index in [1.807, 2.05) is 0 Å². The lowest BCUT2D eigenvalue weighted by Crippen LogP contribution is -2.73. The molecule has 2 aliphatic heterocycles. The number of phenols is 1. The van der Waals surface area contributed by atoms with Crippen molar-refractivity contribution in [1.29, 1.82) is 0 Å². The number of carbonyl (C=O) groups is 3. The number of benzene rings is 1. The minimum Gasteiger partial charge on any atom is -0.543 e. The molecule has 2 amide bonds. The highest BCUT2D eigenvalue weighted by Crippen LogP contribution is 2.39. The lowest BCUT2D eigenvalue weighted by atomic mass is 10.0. The van der Waals surface area contributed by atoms with Gasteiger partial charge in [-0.3, -0.25) is 14.5 Å². The number of nitrogens with zero attached hydrogens (tertiary/aromatic N) is 1. The number of rotatable bonds is 4. The summed E-state index contributed by atoms with van der Waals surface area (Å²) in [5.41, 5.74) is 4.85. The van der Waals surface area contributed by atoms with Gasteiger partial charge in [0.05, 0.1) is 11.7 Å². The van der Waals surface area contributed by atoms with Crippen LogP contribution in [0.15, 0.2) is 35.5 Å². The number of hydrogen-bond donors (Lipinski definition) is 3. The number of amides is 2. The molecular formula is C16H17N3O5S. The lowest BCUT2D eigenvalue weighted by Gasteiger charge is -2.50. The molecule has 3 atom stereocenters. The predicted octanol–water partition coefficient (Wildman–Crippen LogP) is -1.90. The number of phenolic OH excluding ortho intramolecular Hbond substituents is 1. The number of nitrogens with one attached hydrogen (secondary N) is 1. The third kappa shape index (κ3) is 2.96. The maximum Gasteiger partial charge on any atom is 0.283 e. The molecule has 0 aliphatic carbocycles.